The normalized spacial score (nSPS) is 13.8. The van der Waals surface area contributed by atoms with Gasteiger partial charge in [0.05, 0.1) is 16.7 Å². The molecule has 0 saturated heterocycles. The van der Waals surface area contributed by atoms with E-state index in [1.165, 1.54) is 35.9 Å². The molecule has 6 heteroatoms. The van der Waals surface area contributed by atoms with Crippen molar-refractivity contribution in [3.63, 3.8) is 0 Å². The fourth-order valence-corrected chi connectivity index (χ4v) is 15.4. The van der Waals surface area contributed by atoms with E-state index in [2.05, 4.69) is 113 Å². The summed E-state index contributed by atoms with van der Waals surface area (Å²) >= 11 is 1.85. The number of fused-ring (bicyclic) bond motifs is 6. The number of nitrogens with zero attached hydrogens (tertiary/aromatic N) is 3. The first-order valence-corrected chi connectivity index (χ1v) is 20.6. The van der Waals surface area contributed by atoms with Crippen molar-refractivity contribution < 1.29 is 4.39 Å². The maximum atomic E-state index is 16.8. The third-order valence-corrected chi connectivity index (χ3v) is 17.0. The highest BCUT2D eigenvalue weighted by Crippen LogP contribution is 2.43. The van der Waals surface area contributed by atoms with Gasteiger partial charge in [-0.05, 0) is 80.4 Å². The zero-order chi connectivity index (χ0) is 35.4. The molecule has 0 fully saturated rings. The van der Waals surface area contributed by atoms with Crippen molar-refractivity contribution in [3.8, 4) is 17.1 Å². The first-order chi connectivity index (χ1) is 26.2. The van der Waals surface area contributed by atoms with Crippen LogP contribution in [0.5, 0.6) is 0 Å². The molecule has 0 aliphatic carbocycles. The fraction of sp³-hybridized carbons (Fsp3) is 0.0213. The number of benzene rings is 6. The third-order valence-electron chi connectivity index (χ3n) is 10.5. The van der Waals surface area contributed by atoms with E-state index >= 15 is 4.39 Å². The van der Waals surface area contributed by atoms with Gasteiger partial charge in [-0.3, -0.25) is 9.55 Å². The van der Waals surface area contributed by atoms with Crippen molar-refractivity contribution >= 4 is 62.4 Å². The van der Waals surface area contributed by atoms with Gasteiger partial charge in [0, 0.05) is 38.5 Å². The predicted molar refractivity (Wildman–Crippen MR) is 219 cm³/mol. The van der Waals surface area contributed by atoms with Crippen molar-refractivity contribution in [2.24, 2.45) is 0 Å². The highest BCUT2D eigenvalue weighted by atomic mass is 32.2. The van der Waals surface area contributed by atoms with Gasteiger partial charge in [0.2, 0.25) is 0 Å². The summed E-state index contributed by atoms with van der Waals surface area (Å²) in [7, 11) is -2.77. The molecule has 0 N–H and O–H groups in total. The van der Waals surface area contributed by atoms with Crippen molar-refractivity contribution in [2.45, 2.75) is 16.0 Å². The summed E-state index contributed by atoms with van der Waals surface area (Å²) in [5, 5.41) is 7.72. The van der Waals surface area contributed by atoms with Gasteiger partial charge < -0.3 is 0 Å². The quantitative estimate of drug-likeness (QED) is 0.161. The van der Waals surface area contributed by atoms with Crippen LogP contribution in [0.1, 0.15) is 17.3 Å². The number of halogens is 1. The minimum absolute atomic E-state index is 0.596. The fourth-order valence-electron chi connectivity index (χ4n) is 8.25. The second-order valence-corrected chi connectivity index (χ2v) is 18.2. The van der Waals surface area contributed by atoms with E-state index in [1.54, 1.807) is 6.20 Å². The molecule has 1 unspecified atom stereocenters. The molecule has 0 spiro atoms. The molecule has 252 valence electrons. The lowest BCUT2D eigenvalue weighted by molar-refractivity contribution is 0.402. The van der Waals surface area contributed by atoms with Gasteiger partial charge in [-0.25, -0.2) is 9.37 Å². The molecule has 4 heterocycles. The molecular weight excluding hydrogens is 686 g/mol. The lowest BCUT2D eigenvalue weighted by atomic mass is 9.98. The van der Waals surface area contributed by atoms with E-state index in [9.17, 15) is 0 Å². The zero-order valence-electron chi connectivity index (χ0n) is 28.6. The van der Waals surface area contributed by atoms with E-state index in [0.717, 1.165) is 33.5 Å². The van der Waals surface area contributed by atoms with Crippen LogP contribution in [0.25, 0.3) is 38.9 Å². The van der Waals surface area contributed by atoms with E-state index < -0.39 is 14.2 Å². The second-order valence-electron chi connectivity index (χ2n) is 13.4. The largest absolute Gasteiger partial charge is 0.294 e. The molecule has 10 rings (SSSR count). The van der Waals surface area contributed by atoms with Gasteiger partial charge in [-0.1, -0.05) is 139 Å². The van der Waals surface area contributed by atoms with Gasteiger partial charge in [0.25, 0.3) is 0 Å². The van der Waals surface area contributed by atoms with Crippen LogP contribution in [0.15, 0.2) is 198 Å². The topological polar surface area (TPSA) is 30.7 Å². The van der Waals surface area contributed by atoms with E-state index in [-0.39, 0.29) is 0 Å². The first kappa shape index (κ1) is 31.6. The summed E-state index contributed by atoms with van der Waals surface area (Å²) in [4.78, 5) is 11.9. The lowest BCUT2D eigenvalue weighted by Crippen LogP contribution is -2.76. The van der Waals surface area contributed by atoms with Crippen LogP contribution in [0, 0.1) is 0 Å². The monoisotopic (exact) mass is 717 g/mol. The summed E-state index contributed by atoms with van der Waals surface area (Å²) in [6, 6.07) is 61.3. The smallest absolute Gasteiger partial charge is 0.181 e. The Morgan fingerprint density at radius 2 is 1.25 bits per heavy atom. The molecule has 3 nitrogen and oxygen atoms in total. The van der Waals surface area contributed by atoms with Crippen molar-refractivity contribution in [2.75, 3.05) is 0 Å². The molecule has 53 heavy (non-hydrogen) atoms. The Bertz CT molecular complexity index is 2730. The number of hydrogen-bond donors (Lipinski definition) is 0. The average Bonchev–Trinajstić information content (AvgIpc) is 3.58. The van der Waals surface area contributed by atoms with Crippen molar-refractivity contribution in [1.29, 1.82) is 0 Å². The molecule has 0 radical (unpaired) electrons. The minimum atomic E-state index is -2.77. The highest BCUT2D eigenvalue weighted by Gasteiger charge is 2.47. The summed E-state index contributed by atoms with van der Waals surface area (Å²) in [5.74, 6) is 0.799. The van der Waals surface area contributed by atoms with Crippen LogP contribution >= 0.6 is 11.8 Å². The third kappa shape index (κ3) is 5.01. The molecule has 3 aromatic heterocycles. The molecule has 1 atom stereocenters. The predicted octanol–water partition coefficient (Wildman–Crippen LogP) is 9.14. The number of hydrogen-bond acceptors (Lipinski definition) is 3. The maximum absolute atomic E-state index is 16.8. The van der Waals surface area contributed by atoms with Gasteiger partial charge >= 0.3 is 0 Å². The summed E-state index contributed by atoms with van der Waals surface area (Å²) in [5.41, 5.74) is 4.89. The van der Waals surface area contributed by atoms with Crippen LogP contribution in [-0.4, -0.2) is 22.6 Å². The van der Waals surface area contributed by atoms with Crippen molar-refractivity contribution in [3.05, 3.63) is 199 Å². The molecule has 9 aromatic rings. The van der Waals surface area contributed by atoms with Crippen LogP contribution in [0.4, 0.5) is 4.39 Å². The Morgan fingerprint density at radius 3 is 1.98 bits per heavy atom. The van der Waals surface area contributed by atoms with E-state index in [4.69, 9.17) is 4.98 Å². The van der Waals surface area contributed by atoms with Crippen LogP contribution in [0.3, 0.4) is 0 Å². The van der Waals surface area contributed by atoms with Gasteiger partial charge in [0.15, 0.2) is 14.2 Å². The standard InChI is InChI=1S/C47H32FN3SSi/c48-46(33-15-13-14-32(30-33)38-20-9-11-28-49-38)34-24-25-37-40(31-34)51(44-23-10-12-29-50-44)39-26-27-43-47(45(37)39)52-41-21-7-8-22-42(41)53(43,35-16-3-1-4-17-35)36-18-5-2-6-19-36/h1-31,46H. The number of rotatable bonds is 6. The minimum Gasteiger partial charge on any atom is -0.294 e. The van der Waals surface area contributed by atoms with E-state index in [1.807, 2.05) is 90.8 Å². The Labute approximate surface area is 312 Å². The molecule has 1 aliphatic heterocycles. The van der Waals surface area contributed by atoms with Gasteiger partial charge in [-0.15, -0.1) is 0 Å². The van der Waals surface area contributed by atoms with Crippen molar-refractivity contribution in [1.82, 2.24) is 14.5 Å². The number of pyridine rings is 2. The van der Waals surface area contributed by atoms with Crippen LogP contribution < -0.4 is 20.7 Å². The summed E-state index contributed by atoms with van der Waals surface area (Å²) in [6.45, 7) is 0. The number of aromatic nitrogens is 3. The van der Waals surface area contributed by atoms with E-state index in [0.29, 0.717) is 11.1 Å². The Kier molecular flexibility index (Phi) is 7.67. The van der Waals surface area contributed by atoms with Crippen LogP contribution in [0.2, 0.25) is 0 Å². The average molecular weight is 718 g/mol. The van der Waals surface area contributed by atoms with Gasteiger partial charge in [0.1, 0.15) is 5.82 Å². The zero-order valence-corrected chi connectivity index (χ0v) is 30.4. The summed E-state index contributed by atoms with van der Waals surface area (Å²) < 4.78 is 19.0. The molecule has 1 aliphatic rings. The molecule has 0 amide bonds. The summed E-state index contributed by atoms with van der Waals surface area (Å²) in [6.07, 6.45) is 2.26. The maximum Gasteiger partial charge on any atom is 0.181 e. The molecule has 0 bridgehead atoms. The Hall–Kier alpha value is -6.08. The van der Waals surface area contributed by atoms with Crippen LogP contribution in [-0.2, 0) is 0 Å². The Balaban J connectivity index is 1.25. The van der Waals surface area contributed by atoms with Gasteiger partial charge in [-0.2, -0.15) is 0 Å². The molecular formula is C47H32FN3SSi. The highest BCUT2D eigenvalue weighted by molar-refractivity contribution is 8.00. The SMILES string of the molecule is FC(c1cccc(-c2ccccn2)c1)c1ccc2c3c4c(ccc3n(-c3ccccn3)c2c1)[Si](c1ccccc1)(c1ccccc1)c1ccccc1S4. The Morgan fingerprint density at radius 1 is 0.547 bits per heavy atom. The lowest BCUT2D eigenvalue weighted by Gasteiger charge is -2.40. The second kappa shape index (κ2) is 12.8. The molecule has 0 saturated carbocycles. The first-order valence-electron chi connectivity index (χ1n) is 17.8. The molecule has 6 aromatic carbocycles. The number of alkyl halides is 1.